The van der Waals surface area contributed by atoms with Crippen LogP contribution in [-0.4, -0.2) is 22.6 Å². The molecule has 0 amide bonds. The maximum absolute atomic E-state index is 2.70. The van der Waals surface area contributed by atoms with E-state index in [0.29, 0.717) is 30.0 Å². The number of benzene rings is 4. The summed E-state index contributed by atoms with van der Waals surface area (Å²) in [5.74, 6) is 0. The molecule has 2 aliphatic carbocycles. The Morgan fingerprint density at radius 1 is 0.447 bits per heavy atom. The second kappa shape index (κ2) is 16.6. The van der Waals surface area contributed by atoms with Gasteiger partial charge in [0.2, 0.25) is 0 Å². The van der Waals surface area contributed by atoms with Gasteiger partial charge in [0.05, 0.1) is 0 Å². The van der Waals surface area contributed by atoms with Crippen LogP contribution in [0.5, 0.6) is 0 Å². The average Bonchev–Trinajstić information content (AvgIpc) is 3.55. The predicted molar refractivity (Wildman–Crippen MR) is 200 cm³/mol. The molecule has 4 aromatic carbocycles. The minimum atomic E-state index is -1.38. The van der Waals surface area contributed by atoms with E-state index in [2.05, 4.69) is 165 Å². The van der Waals surface area contributed by atoms with Crippen LogP contribution in [0.15, 0.2) is 108 Å². The van der Waals surface area contributed by atoms with Gasteiger partial charge >= 0.3 is 288 Å². The van der Waals surface area contributed by atoms with E-state index in [-0.39, 0.29) is 40.7 Å². The van der Waals surface area contributed by atoms with Gasteiger partial charge in [-0.3, -0.25) is 0 Å². The van der Waals surface area contributed by atoms with Crippen molar-refractivity contribution >= 4 is 28.0 Å². The molecule has 5 heteroatoms. The average molecular weight is 864 g/mol. The number of fused-ring (bicyclic) bond motifs is 2. The first kappa shape index (κ1) is 38.5. The van der Waals surface area contributed by atoms with E-state index in [4.69, 9.17) is 0 Å². The van der Waals surface area contributed by atoms with E-state index in [9.17, 15) is 0 Å². The quantitative estimate of drug-likeness (QED) is 0.117. The number of rotatable bonds is 10. The monoisotopic (exact) mass is 864 g/mol. The second-order valence-corrected chi connectivity index (χ2v) is 25.8. The van der Waals surface area contributed by atoms with Crippen LogP contribution >= 0.6 is 15.8 Å². The van der Waals surface area contributed by atoms with Gasteiger partial charge in [-0.05, 0) is 0 Å². The number of allylic oxidation sites excluding steroid dienone is 2. The summed E-state index contributed by atoms with van der Waals surface area (Å²) in [6.07, 6.45) is 5.41. The van der Waals surface area contributed by atoms with Gasteiger partial charge in [0.25, 0.3) is 0 Å². The molecule has 0 aliphatic heterocycles. The van der Waals surface area contributed by atoms with E-state index >= 15 is 0 Å². The van der Waals surface area contributed by atoms with E-state index in [0.717, 1.165) is 0 Å². The van der Waals surface area contributed by atoms with Crippen LogP contribution in [0.2, 0.25) is 0 Å². The third kappa shape index (κ3) is 7.72. The Balaban J connectivity index is 0.00000250. The summed E-state index contributed by atoms with van der Waals surface area (Å²) in [5.41, 5.74) is 14.6. The van der Waals surface area contributed by atoms with E-state index in [1.807, 2.05) is 10.6 Å². The van der Waals surface area contributed by atoms with E-state index < -0.39 is 22.9 Å². The van der Waals surface area contributed by atoms with Crippen molar-refractivity contribution in [1.29, 1.82) is 0 Å². The topological polar surface area (TPSA) is 0 Å². The standard InChI is InChI=1S/2C21H24P.2ClH.Hf/c2*1-15(2)22(16(3)4)19-13-18-11-8-12-20(21(18)14-19)17-9-6-5-7-10-17;;;/h2*5-16H,1-4H3;2*1H;/q;;;;+2/p-2. The van der Waals surface area contributed by atoms with Gasteiger partial charge < -0.3 is 24.8 Å². The Kier molecular flexibility index (Phi) is 13.6. The molecule has 0 bridgehead atoms. The van der Waals surface area contributed by atoms with Crippen molar-refractivity contribution in [2.45, 2.75) is 85.4 Å². The summed E-state index contributed by atoms with van der Waals surface area (Å²) < 4.78 is 1.27. The van der Waals surface area contributed by atoms with Gasteiger partial charge in [-0.25, -0.2) is 0 Å². The molecular weight excluding hydrogens is 816 g/mol. The summed E-state index contributed by atoms with van der Waals surface area (Å²) in [6, 6.07) is 36.7. The molecule has 2 unspecified atom stereocenters. The Morgan fingerprint density at radius 2 is 0.787 bits per heavy atom. The molecule has 0 radical (unpaired) electrons. The van der Waals surface area contributed by atoms with Crippen molar-refractivity contribution in [3.63, 3.8) is 0 Å². The van der Waals surface area contributed by atoms with Crippen LogP contribution in [-0.2, 0) is 22.9 Å². The molecule has 0 saturated heterocycles. The van der Waals surface area contributed by atoms with Gasteiger partial charge in [-0.1, -0.05) is 0 Å². The fraction of sp³-hybridized carbons (Fsp3) is 0.333. The van der Waals surface area contributed by atoms with Gasteiger partial charge in [-0.15, -0.1) is 0 Å². The molecule has 0 heterocycles. The third-order valence-electron chi connectivity index (χ3n) is 9.40. The maximum Gasteiger partial charge on any atom is -1.00 e. The molecular formula is C42H48Cl2HfP2. The fourth-order valence-corrected chi connectivity index (χ4v) is 24.6. The molecule has 0 aromatic heterocycles. The first-order valence-electron chi connectivity index (χ1n) is 16.8. The molecule has 2 aliphatic rings. The van der Waals surface area contributed by atoms with Crippen molar-refractivity contribution in [1.82, 2.24) is 0 Å². The molecule has 6 rings (SSSR count). The molecule has 47 heavy (non-hydrogen) atoms. The number of hydrogen-bond donors (Lipinski definition) is 0. The Labute approximate surface area is 311 Å². The fourth-order valence-electron chi connectivity index (χ4n) is 7.86. The van der Waals surface area contributed by atoms with Gasteiger partial charge in [0.1, 0.15) is 0 Å². The number of hydrogen-bond acceptors (Lipinski definition) is 0. The Bertz CT molecular complexity index is 1570. The summed E-state index contributed by atoms with van der Waals surface area (Å²) in [5, 5.41) is 3.62. The summed E-state index contributed by atoms with van der Waals surface area (Å²) >= 11 is -1.38. The molecule has 0 spiro atoms. The normalized spacial score (nSPS) is 16.6. The SMILES string of the molecule is CC(C)P(C1=Cc2c(-c3ccccc3)cccc2[CH]1[Hf+2][CH]1C(P(C(C)C)C(C)C)=Cc2c(-c3ccccc3)cccc21)C(C)C.[Cl-].[Cl-]. The van der Waals surface area contributed by atoms with E-state index in [1.54, 1.807) is 11.1 Å². The zero-order chi connectivity index (χ0) is 31.8. The van der Waals surface area contributed by atoms with Gasteiger partial charge in [0, 0.05) is 0 Å². The van der Waals surface area contributed by atoms with Crippen LogP contribution in [0.4, 0.5) is 0 Å². The van der Waals surface area contributed by atoms with Crippen molar-refractivity contribution in [3.8, 4) is 22.3 Å². The number of halogens is 2. The van der Waals surface area contributed by atoms with Gasteiger partial charge in [0.15, 0.2) is 0 Å². The van der Waals surface area contributed by atoms with Crippen LogP contribution in [0, 0.1) is 0 Å². The Morgan fingerprint density at radius 3 is 1.11 bits per heavy atom. The molecule has 0 fully saturated rings. The zero-order valence-electron chi connectivity index (χ0n) is 29.0. The summed E-state index contributed by atoms with van der Waals surface area (Å²) in [7, 11) is -0.471. The van der Waals surface area contributed by atoms with Crippen LogP contribution in [0.1, 0.15) is 85.0 Å². The van der Waals surface area contributed by atoms with E-state index in [1.165, 1.54) is 33.4 Å². The van der Waals surface area contributed by atoms with Crippen LogP contribution in [0.3, 0.4) is 0 Å². The molecule has 2 atom stereocenters. The van der Waals surface area contributed by atoms with Crippen LogP contribution < -0.4 is 24.8 Å². The van der Waals surface area contributed by atoms with Crippen molar-refractivity contribution < 1.29 is 47.7 Å². The van der Waals surface area contributed by atoms with Crippen LogP contribution in [0.25, 0.3) is 34.4 Å². The predicted octanol–water partition coefficient (Wildman–Crippen LogP) is 7.20. The molecule has 0 saturated carbocycles. The first-order chi connectivity index (χ1) is 21.7. The van der Waals surface area contributed by atoms with Crippen molar-refractivity contribution in [3.05, 3.63) is 130 Å². The minimum absolute atomic E-state index is 0. The molecule has 244 valence electrons. The van der Waals surface area contributed by atoms with Gasteiger partial charge in [-0.2, -0.15) is 0 Å². The first-order valence-corrected chi connectivity index (χ1v) is 23.9. The van der Waals surface area contributed by atoms with Crippen molar-refractivity contribution in [2.24, 2.45) is 0 Å². The molecule has 0 N–H and O–H groups in total. The second-order valence-electron chi connectivity index (χ2n) is 13.7. The third-order valence-corrected chi connectivity index (χ3v) is 24.4. The van der Waals surface area contributed by atoms with Crippen molar-refractivity contribution in [2.75, 3.05) is 0 Å². The zero-order valence-corrected chi connectivity index (χ0v) is 35.9. The summed E-state index contributed by atoms with van der Waals surface area (Å²) in [6.45, 7) is 19.9. The molecule has 0 nitrogen and oxygen atoms in total. The smallest absolute Gasteiger partial charge is 1.00 e. The Hall–Kier alpha value is -1.33. The largest absolute Gasteiger partial charge is 1.00 e. The maximum atomic E-state index is 2.70. The summed E-state index contributed by atoms with van der Waals surface area (Å²) in [4.78, 5) is 0. The minimum Gasteiger partial charge on any atom is -1.00 e. The molecule has 4 aromatic rings.